The number of nitrogens with zero attached hydrogens (tertiary/aromatic N) is 2. The van der Waals surface area contributed by atoms with Gasteiger partial charge < -0.3 is 15.0 Å². The molecule has 8 heteroatoms. The molecule has 1 fully saturated rings. The third-order valence-electron chi connectivity index (χ3n) is 5.29. The number of pyridine rings is 1. The van der Waals surface area contributed by atoms with Crippen LogP contribution in [0.2, 0.25) is 0 Å². The minimum absolute atomic E-state index is 0.0315. The number of benzene rings is 1. The minimum atomic E-state index is -4.44. The van der Waals surface area contributed by atoms with Gasteiger partial charge in [-0.25, -0.2) is 0 Å². The van der Waals surface area contributed by atoms with Crippen LogP contribution in [0.5, 0.6) is 5.75 Å². The Labute approximate surface area is 169 Å². The second-order valence-corrected chi connectivity index (χ2v) is 8.89. The van der Waals surface area contributed by atoms with Gasteiger partial charge in [-0.3, -0.25) is 4.98 Å². The molecule has 27 heavy (non-hydrogen) atoms. The average Bonchev–Trinajstić information content (AvgIpc) is 2.87. The molecule has 0 aliphatic carbocycles. The smallest absolute Gasteiger partial charge is 0.418 e. The van der Waals surface area contributed by atoms with Crippen LogP contribution in [-0.2, 0) is 16.2 Å². The Morgan fingerprint density at radius 2 is 2.22 bits per heavy atom. The zero-order valence-corrected chi connectivity index (χ0v) is 16.8. The van der Waals surface area contributed by atoms with E-state index in [0.717, 1.165) is 24.6 Å². The molecule has 2 aliphatic heterocycles. The Kier molecular flexibility index (Phi) is 4.74. The molecule has 0 bridgehead atoms. The monoisotopic (exact) mass is 489 g/mol. The molecule has 2 aliphatic rings. The topological polar surface area (TPSA) is 37.4 Å². The fraction of sp³-hybridized carbons (Fsp3) is 0.421. The number of aromatic nitrogens is 1. The van der Waals surface area contributed by atoms with Gasteiger partial charge in [0.2, 0.25) is 0 Å². The number of piperidine rings is 1. The van der Waals surface area contributed by atoms with Crippen molar-refractivity contribution < 1.29 is 17.9 Å². The predicted molar refractivity (Wildman–Crippen MR) is 105 cm³/mol. The maximum atomic E-state index is 13.9. The maximum absolute atomic E-state index is 13.9. The van der Waals surface area contributed by atoms with Crippen molar-refractivity contribution in [1.29, 1.82) is 0 Å². The summed E-state index contributed by atoms with van der Waals surface area (Å²) in [5, 5.41) is 3.33. The average molecular weight is 489 g/mol. The number of likely N-dealkylation sites (N-methyl/N-ethyl adjacent to an activating group) is 1. The molecule has 3 heterocycles. The summed E-state index contributed by atoms with van der Waals surface area (Å²) >= 11 is 2.31. The van der Waals surface area contributed by atoms with Crippen LogP contribution in [0, 0.1) is 0 Å². The van der Waals surface area contributed by atoms with Gasteiger partial charge in [0.25, 0.3) is 0 Å². The number of halogens is 4. The van der Waals surface area contributed by atoms with Crippen LogP contribution in [0.25, 0.3) is 0 Å². The first-order chi connectivity index (χ1) is 12.8. The van der Waals surface area contributed by atoms with Gasteiger partial charge in [-0.2, -0.15) is 13.2 Å². The third-order valence-corrected chi connectivity index (χ3v) is 6.97. The number of hydrogen-bond donors (Lipinski definition) is 1. The zero-order chi connectivity index (χ0) is 19.2. The zero-order valence-electron chi connectivity index (χ0n) is 14.7. The largest absolute Gasteiger partial charge is 0.489 e. The van der Waals surface area contributed by atoms with Gasteiger partial charge in [-0.15, -0.1) is 0 Å². The van der Waals surface area contributed by atoms with Gasteiger partial charge in [0.1, 0.15) is 12.4 Å². The number of hydrogen-bond acceptors (Lipinski definition) is 4. The molecule has 2 atom stereocenters. The fourth-order valence-corrected chi connectivity index (χ4v) is 5.45. The number of anilines is 1. The van der Waals surface area contributed by atoms with E-state index in [1.165, 1.54) is 0 Å². The van der Waals surface area contributed by atoms with Gasteiger partial charge in [-0.1, -0.05) is 28.7 Å². The fourth-order valence-electron chi connectivity index (χ4n) is 4.04. The molecule has 2 aromatic rings. The van der Waals surface area contributed by atoms with Crippen molar-refractivity contribution in [3.63, 3.8) is 0 Å². The van der Waals surface area contributed by atoms with Gasteiger partial charge >= 0.3 is 6.18 Å². The number of nitrogens with one attached hydrogen (secondary N) is 1. The predicted octanol–water partition coefficient (Wildman–Crippen LogP) is 4.12. The molecule has 0 amide bonds. The van der Waals surface area contributed by atoms with Crippen molar-refractivity contribution in [2.24, 2.45) is 0 Å². The van der Waals surface area contributed by atoms with E-state index in [0.29, 0.717) is 12.1 Å². The van der Waals surface area contributed by atoms with Crippen LogP contribution in [-0.4, -0.2) is 31.2 Å². The molecule has 1 aromatic carbocycles. The Balaban J connectivity index is 1.77. The summed E-state index contributed by atoms with van der Waals surface area (Å²) in [6, 6.07) is 6.53. The van der Waals surface area contributed by atoms with Crippen molar-refractivity contribution >= 4 is 28.3 Å². The highest BCUT2D eigenvalue weighted by molar-refractivity contribution is 14.1. The van der Waals surface area contributed by atoms with E-state index in [2.05, 4.69) is 32.9 Å². The number of alkyl halides is 4. The first-order valence-corrected chi connectivity index (χ1v) is 9.78. The summed E-state index contributed by atoms with van der Waals surface area (Å²) in [5.41, 5.74) is 1.15. The molecule has 4 rings (SSSR count). The molecular formula is C19H19F3IN3O. The van der Waals surface area contributed by atoms with E-state index in [1.807, 2.05) is 6.07 Å². The Morgan fingerprint density at radius 3 is 2.93 bits per heavy atom. The van der Waals surface area contributed by atoms with Crippen molar-refractivity contribution in [3.8, 4) is 5.75 Å². The quantitative estimate of drug-likeness (QED) is 0.520. The molecule has 4 nitrogen and oxygen atoms in total. The highest BCUT2D eigenvalue weighted by Crippen LogP contribution is 2.56. The van der Waals surface area contributed by atoms with Crippen LogP contribution in [0.1, 0.15) is 23.1 Å². The van der Waals surface area contributed by atoms with Crippen molar-refractivity contribution in [2.75, 3.05) is 25.0 Å². The second kappa shape index (κ2) is 6.80. The molecule has 1 aromatic heterocycles. The Morgan fingerprint density at radius 1 is 1.41 bits per heavy atom. The van der Waals surface area contributed by atoms with Crippen LogP contribution in [0.4, 0.5) is 18.9 Å². The van der Waals surface area contributed by atoms with E-state index in [1.54, 1.807) is 36.5 Å². The van der Waals surface area contributed by atoms with E-state index < -0.39 is 15.2 Å². The maximum Gasteiger partial charge on any atom is 0.418 e. The summed E-state index contributed by atoms with van der Waals surface area (Å²) in [6.07, 6.45) is -0.351. The lowest BCUT2D eigenvalue weighted by Crippen LogP contribution is -2.51. The molecule has 0 saturated carbocycles. The Bertz CT molecular complexity index is 846. The van der Waals surface area contributed by atoms with Gasteiger partial charge in [0.15, 0.2) is 0 Å². The highest BCUT2D eigenvalue weighted by atomic mass is 127. The summed E-state index contributed by atoms with van der Waals surface area (Å²) in [7, 11) is 1.76. The second-order valence-electron chi connectivity index (χ2n) is 6.97. The van der Waals surface area contributed by atoms with Crippen LogP contribution in [0.3, 0.4) is 0 Å². The summed E-state index contributed by atoms with van der Waals surface area (Å²) in [5.74, 6) is 0.237. The number of rotatable bonds is 3. The molecule has 0 radical (unpaired) electrons. The van der Waals surface area contributed by atoms with Crippen molar-refractivity contribution in [1.82, 2.24) is 10.3 Å². The number of fused-ring (bicyclic) bond motifs is 3. The summed E-state index contributed by atoms with van der Waals surface area (Å²) < 4.78 is 46.9. The van der Waals surface area contributed by atoms with Crippen molar-refractivity contribution in [3.05, 3.63) is 53.3 Å². The van der Waals surface area contributed by atoms with Crippen LogP contribution in [0.15, 0.2) is 36.7 Å². The van der Waals surface area contributed by atoms with Gasteiger partial charge in [-0.05, 0) is 36.7 Å². The van der Waals surface area contributed by atoms with Gasteiger partial charge in [0, 0.05) is 37.6 Å². The van der Waals surface area contributed by atoms with E-state index in [-0.39, 0.29) is 24.1 Å². The van der Waals surface area contributed by atoms with Crippen LogP contribution >= 0.6 is 22.6 Å². The first kappa shape index (κ1) is 18.8. The lowest BCUT2D eigenvalue weighted by atomic mass is 9.89. The molecule has 1 saturated heterocycles. The summed E-state index contributed by atoms with van der Waals surface area (Å²) in [4.78, 5) is 5.81. The molecule has 0 spiro atoms. The molecular weight excluding hydrogens is 470 g/mol. The van der Waals surface area contributed by atoms with E-state index in [9.17, 15) is 13.2 Å². The Hall–Kier alpha value is -1.55. The third kappa shape index (κ3) is 3.26. The summed E-state index contributed by atoms with van der Waals surface area (Å²) in [6.45, 7) is 1.62. The van der Waals surface area contributed by atoms with E-state index >= 15 is 0 Å². The molecule has 144 valence electrons. The van der Waals surface area contributed by atoms with E-state index in [4.69, 9.17) is 4.74 Å². The lowest BCUT2D eigenvalue weighted by molar-refractivity contribution is -0.137. The van der Waals surface area contributed by atoms with Crippen molar-refractivity contribution in [2.45, 2.75) is 28.7 Å². The normalized spacial score (nSPS) is 24.5. The SMILES string of the molecule is CN1c2c(C(F)(F)F)cc(OCc3cccnc3)cc2[C@]2(I)CNCCC12. The number of ether oxygens (including phenoxy) is 1. The minimum Gasteiger partial charge on any atom is -0.489 e. The highest BCUT2D eigenvalue weighted by Gasteiger charge is 2.52. The standard InChI is InChI=1S/C19H19F3IN3O/c1-26-16-4-6-25-11-18(16,23)14-7-13(8-15(17(14)26)19(20,21)22)27-10-12-3-2-5-24-9-12/h2-3,5,7-9,16,25H,4,6,10-11H2,1H3/t16?,18-/m1/s1. The molecule has 1 N–H and O–H groups in total. The lowest BCUT2D eigenvalue weighted by Gasteiger charge is -2.38. The first-order valence-electron chi connectivity index (χ1n) is 8.70. The van der Waals surface area contributed by atoms with Crippen LogP contribution < -0.4 is 15.0 Å². The van der Waals surface area contributed by atoms with Gasteiger partial charge in [0.05, 0.1) is 14.7 Å². The molecule has 1 unspecified atom stereocenters.